The van der Waals surface area contributed by atoms with E-state index >= 15 is 0 Å². The second kappa shape index (κ2) is 10.2. The van der Waals surface area contributed by atoms with Crippen molar-refractivity contribution < 1.29 is 19.1 Å². The zero-order chi connectivity index (χ0) is 24.2. The van der Waals surface area contributed by atoms with Crippen LogP contribution in [-0.2, 0) is 4.79 Å². The smallest absolute Gasteiger partial charge is 0.335 e. The van der Waals surface area contributed by atoms with Crippen LogP contribution < -0.4 is 5.73 Å². The number of primary amides is 1. The Morgan fingerprint density at radius 1 is 1.03 bits per heavy atom. The van der Waals surface area contributed by atoms with Crippen LogP contribution in [0.5, 0.6) is 0 Å². The molecule has 3 rings (SSSR count). The van der Waals surface area contributed by atoms with E-state index < -0.39 is 17.7 Å². The maximum absolute atomic E-state index is 14.9. The molecule has 0 aliphatic carbocycles. The molecule has 6 nitrogen and oxygen atoms in total. The number of hydrogen-bond donors (Lipinski definition) is 2. The van der Waals surface area contributed by atoms with E-state index in [1.807, 2.05) is 13.8 Å². The molecule has 1 amide bonds. The summed E-state index contributed by atoms with van der Waals surface area (Å²) in [6.45, 7) is 10.8. The molecule has 2 aromatic carbocycles. The van der Waals surface area contributed by atoms with Crippen molar-refractivity contribution in [3.05, 3.63) is 76.5 Å². The summed E-state index contributed by atoms with van der Waals surface area (Å²) in [6.07, 6.45) is 0. The van der Waals surface area contributed by atoms with Crippen molar-refractivity contribution in [2.45, 2.75) is 27.7 Å². The molecule has 166 valence electrons. The molecule has 1 aromatic heterocycles. The highest BCUT2D eigenvalue weighted by molar-refractivity contribution is 6.33. The molecule has 0 spiro atoms. The summed E-state index contributed by atoms with van der Waals surface area (Å²) < 4.78 is 14.9. The number of aryl methyl sites for hydroxylation is 2. The van der Waals surface area contributed by atoms with Gasteiger partial charge in [0.2, 0.25) is 0 Å². The molecule has 0 saturated carbocycles. The van der Waals surface area contributed by atoms with Crippen LogP contribution in [0.3, 0.4) is 0 Å². The van der Waals surface area contributed by atoms with E-state index in [0.29, 0.717) is 33.8 Å². The number of carbonyl (C=O) groups is 2. The molecule has 1 heterocycles. The maximum Gasteiger partial charge on any atom is 0.335 e. The SMILES string of the molecule is C=C(C(=O)O)c1ccc(-c2ccc(-c3nc(C(N)=O)c(C)nc3C)cc2F)c(Cl)c1.CC. The number of halogens is 2. The lowest BCUT2D eigenvalue weighted by molar-refractivity contribution is -0.130. The fourth-order valence-electron chi connectivity index (χ4n) is 3.06. The van der Waals surface area contributed by atoms with Crippen LogP contribution in [0.2, 0.25) is 5.02 Å². The number of aromatic nitrogens is 2. The average Bonchev–Trinajstić information content (AvgIpc) is 2.74. The molecular formula is C24H23ClFN3O3. The predicted octanol–water partition coefficient (Wildman–Crippen LogP) is 5.44. The summed E-state index contributed by atoms with van der Waals surface area (Å²) in [5, 5.41) is 9.23. The van der Waals surface area contributed by atoms with Gasteiger partial charge in [-0.1, -0.05) is 56.3 Å². The van der Waals surface area contributed by atoms with Gasteiger partial charge in [0.1, 0.15) is 11.5 Å². The first-order valence-electron chi connectivity index (χ1n) is 9.77. The first kappa shape index (κ1) is 24.7. The Morgan fingerprint density at radius 3 is 2.19 bits per heavy atom. The van der Waals surface area contributed by atoms with Gasteiger partial charge in [-0.2, -0.15) is 0 Å². The molecule has 0 saturated heterocycles. The van der Waals surface area contributed by atoms with Crippen LogP contribution in [0.25, 0.3) is 28.0 Å². The lowest BCUT2D eigenvalue weighted by Gasteiger charge is -2.12. The molecule has 0 aliphatic heterocycles. The van der Waals surface area contributed by atoms with E-state index in [1.54, 1.807) is 19.9 Å². The summed E-state index contributed by atoms with van der Waals surface area (Å²) >= 11 is 6.27. The Labute approximate surface area is 190 Å². The normalized spacial score (nSPS) is 10.2. The fraction of sp³-hybridized carbons (Fsp3) is 0.167. The quantitative estimate of drug-likeness (QED) is 0.498. The molecule has 0 fully saturated rings. The molecule has 0 aliphatic rings. The van der Waals surface area contributed by atoms with Gasteiger partial charge < -0.3 is 10.8 Å². The van der Waals surface area contributed by atoms with Crippen molar-refractivity contribution in [2.24, 2.45) is 5.73 Å². The van der Waals surface area contributed by atoms with E-state index in [0.717, 1.165) is 0 Å². The summed E-state index contributed by atoms with van der Waals surface area (Å²) in [7, 11) is 0. The van der Waals surface area contributed by atoms with Gasteiger partial charge >= 0.3 is 5.97 Å². The van der Waals surface area contributed by atoms with Crippen molar-refractivity contribution in [2.75, 3.05) is 0 Å². The largest absolute Gasteiger partial charge is 0.478 e. The summed E-state index contributed by atoms with van der Waals surface area (Å²) in [5.74, 6) is -2.45. The second-order valence-electron chi connectivity index (χ2n) is 6.63. The van der Waals surface area contributed by atoms with E-state index in [4.69, 9.17) is 22.4 Å². The van der Waals surface area contributed by atoms with Crippen molar-refractivity contribution in [1.82, 2.24) is 9.97 Å². The standard InChI is InChI=1S/C22H17ClFN3O3.C2H6/c1-10(22(29)30)13-4-6-15(17(23)8-13)16-7-5-14(9-18(16)24)19-11(2)26-12(3)20(27-19)21(25)28;1-2/h4-9H,1H2,2-3H3,(H2,25,28)(H,29,30);1-2H3. The molecule has 0 bridgehead atoms. The van der Waals surface area contributed by atoms with E-state index in [1.165, 1.54) is 30.3 Å². The van der Waals surface area contributed by atoms with Crippen molar-refractivity contribution in [3.8, 4) is 22.4 Å². The number of nitrogens with two attached hydrogens (primary N) is 1. The number of rotatable bonds is 5. The molecular weight excluding hydrogens is 433 g/mol. The predicted molar refractivity (Wildman–Crippen MR) is 124 cm³/mol. The topological polar surface area (TPSA) is 106 Å². The van der Waals surface area contributed by atoms with Crippen molar-refractivity contribution >= 4 is 29.1 Å². The van der Waals surface area contributed by atoms with Crippen LogP contribution in [0.15, 0.2) is 43.0 Å². The van der Waals surface area contributed by atoms with E-state index in [2.05, 4.69) is 16.5 Å². The minimum atomic E-state index is -1.17. The number of carboxylic acids is 1. The average molecular weight is 456 g/mol. The van der Waals surface area contributed by atoms with Crippen LogP contribution in [-0.4, -0.2) is 27.0 Å². The minimum Gasteiger partial charge on any atom is -0.478 e. The molecule has 0 unspecified atom stereocenters. The molecule has 3 aromatic rings. The van der Waals surface area contributed by atoms with Gasteiger partial charge in [0.05, 0.1) is 22.7 Å². The van der Waals surface area contributed by atoms with Gasteiger partial charge in [-0.25, -0.2) is 14.2 Å². The zero-order valence-electron chi connectivity index (χ0n) is 18.2. The second-order valence-corrected chi connectivity index (χ2v) is 7.04. The van der Waals surface area contributed by atoms with Gasteiger partial charge in [0.25, 0.3) is 5.91 Å². The summed E-state index contributed by atoms with van der Waals surface area (Å²) in [4.78, 5) is 31.2. The number of hydrogen-bond acceptors (Lipinski definition) is 4. The lowest BCUT2D eigenvalue weighted by Crippen LogP contribution is -2.17. The highest BCUT2D eigenvalue weighted by Gasteiger charge is 2.17. The zero-order valence-corrected chi connectivity index (χ0v) is 18.9. The Bertz CT molecular complexity index is 1230. The minimum absolute atomic E-state index is 0.0253. The van der Waals surface area contributed by atoms with Gasteiger partial charge in [-0.05, 0) is 31.5 Å². The highest BCUT2D eigenvalue weighted by atomic mass is 35.5. The first-order chi connectivity index (χ1) is 15.1. The van der Waals surface area contributed by atoms with Gasteiger partial charge in [0.15, 0.2) is 0 Å². The van der Waals surface area contributed by atoms with Crippen LogP contribution in [0.4, 0.5) is 4.39 Å². The fourth-order valence-corrected chi connectivity index (χ4v) is 3.35. The highest BCUT2D eigenvalue weighted by Crippen LogP contribution is 2.34. The summed E-state index contributed by atoms with van der Waals surface area (Å²) in [5.41, 5.74) is 7.90. The molecule has 3 N–H and O–H groups in total. The van der Waals surface area contributed by atoms with E-state index in [9.17, 15) is 14.0 Å². The maximum atomic E-state index is 14.9. The van der Waals surface area contributed by atoms with Crippen molar-refractivity contribution in [1.29, 1.82) is 0 Å². The Morgan fingerprint density at radius 2 is 1.66 bits per heavy atom. The molecule has 0 radical (unpaired) electrons. The number of benzene rings is 2. The molecule has 0 atom stereocenters. The van der Waals surface area contributed by atoms with Gasteiger partial charge in [0, 0.05) is 21.7 Å². The molecule has 8 heteroatoms. The Hall–Kier alpha value is -3.58. The Balaban J connectivity index is 0.00000176. The van der Waals surface area contributed by atoms with Crippen LogP contribution >= 0.6 is 11.6 Å². The number of aliphatic carboxylic acids is 1. The number of carboxylic acid groups (broad SMARTS) is 1. The van der Waals surface area contributed by atoms with Crippen LogP contribution in [0.1, 0.15) is 41.3 Å². The third kappa shape index (κ3) is 5.00. The lowest BCUT2D eigenvalue weighted by atomic mass is 9.98. The number of amides is 1. The third-order valence-corrected chi connectivity index (χ3v) is 4.90. The Kier molecular flexibility index (Phi) is 7.83. The van der Waals surface area contributed by atoms with Crippen molar-refractivity contribution in [3.63, 3.8) is 0 Å². The van der Waals surface area contributed by atoms with Gasteiger partial charge in [-0.3, -0.25) is 9.78 Å². The first-order valence-corrected chi connectivity index (χ1v) is 10.2. The van der Waals surface area contributed by atoms with Gasteiger partial charge in [-0.15, -0.1) is 0 Å². The third-order valence-electron chi connectivity index (χ3n) is 4.59. The van der Waals surface area contributed by atoms with E-state index in [-0.39, 0.29) is 21.9 Å². The summed E-state index contributed by atoms with van der Waals surface area (Å²) in [6, 6.07) is 8.91. The van der Waals surface area contributed by atoms with Crippen LogP contribution in [0, 0.1) is 19.7 Å². The number of nitrogens with zero attached hydrogens (tertiary/aromatic N) is 2. The monoisotopic (exact) mass is 455 g/mol. The number of carbonyl (C=O) groups excluding carboxylic acids is 1. The molecule has 32 heavy (non-hydrogen) atoms.